The summed E-state index contributed by atoms with van der Waals surface area (Å²) in [6, 6.07) is 0. The quantitative estimate of drug-likeness (QED) is 0.610. The second-order valence-corrected chi connectivity index (χ2v) is 2.24. The number of rotatable bonds is 3. The third-order valence-electron chi connectivity index (χ3n) is 1.28. The van der Waals surface area contributed by atoms with Crippen LogP contribution in [-0.4, -0.2) is 11.7 Å². The third-order valence-corrected chi connectivity index (χ3v) is 1.28. The van der Waals surface area contributed by atoms with Crippen molar-refractivity contribution < 1.29 is 9.59 Å². The molecule has 0 radical (unpaired) electrons. The molecule has 0 N–H and O–H groups in total. The van der Waals surface area contributed by atoms with Gasteiger partial charge in [0.2, 0.25) is 0 Å². The lowest BCUT2D eigenvalue weighted by molar-refractivity contribution is -0.116. The Morgan fingerprint density at radius 3 is 2.73 bits per heavy atom. The number of Topliss-reactive ketones (excluding diaryl/α,β-unsaturated/α-hetero) is 1. The van der Waals surface area contributed by atoms with Crippen LogP contribution in [0.5, 0.6) is 0 Å². The van der Waals surface area contributed by atoms with Gasteiger partial charge in [0.15, 0.2) is 5.78 Å². The third kappa shape index (κ3) is 1.80. The van der Waals surface area contributed by atoms with Crippen molar-refractivity contribution in [1.82, 2.24) is 0 Å². The summed E-state index contributed by atoms with van der Waals surface area (Å²) in [7, 11) is 0. The van der Waals surface area contributed by atoms with E-state index >= 15 is 0 Å². The van der Waals surface area contributed by atoms with Crippen LogP contribution in [0.15, 0.2) is 22.0 Å². The van der Waals surface area contributed by atoms with Gasteiger partial charge in [0.05, 0.1) is 0 Å². The number of hydrogen-bond acceptors (Lipinski definition) is 3. The summed E-state index contributed by atoms with van der Waals surface area (Å²) in [6.07, 6.45) is 2.36. The maximum absolute atomic E-state index is 11.0. The number of azo groups is 1. The Morgan fingerprint density at radius 1 is 1.55 bits per heavy atom. The molecule has 1 rings (SSSR count). The van der Waals surface area contributed by atoms with Crippen molar-refractivity contribution in [1.29, 1.82) is 0 Å². The summed E-state index contributed by atoms with van der Waals surface area (Å²) in [5.41, 5.74) is 0.192. The minimum atomic E-state index is -0.440. The Morgan fingerprint density at radius 2 is 2.27 bits per heavy atom. The van der Waals surface area contributed by atoms with Crippen LogP contribution in [0.4, 0.5) is 0 Å². The first-order valence-electron chi connectivity index (χ1n) is 3.44. The molecule has 1 aliphatic heterocycles. The lowest BCUT2D eigenvalue weighted by atomic mass is 10.2. The molecule has 0 bridgehead atoms. The van der Waals surface area contributed by atoms with Gasteiger partial charge in [-0.05, 0) is 6.42 Å². The molecule has 0 unspecified atom stereocenters. The molecular weight excluding hydrogens is 144 g/mol. The molecule has 0 aromatic carbocycles. The van der Waals surface area contributed by atoms with Gasteiger partial charge in [0.25, 0.3) is 5.91 Å². The summed E-state index contributed by atoms with van der Waals surface area (Å²) >= 11 is 0. The second kappa shape index (κ2) is 3.18. The zero-order valence-corrected chi connectivity index (χ0v) is 6.20. The smallest absolute Gasteiger partial charge is 0.290 e. The Kier molecular flexibility index (Phi) is 2.25. The predicted molar refractivity (Wildman–Crippen MR) is 37.9 cm³/mol. The maximum Gasteiger partial charge on any atom is 0.290 e. The van der Waals surface area contributed by atoms with E-state index in [0.29, 0.717) is 6.42 Å². The lowest BCUT2D eigenvalue weighted by Gasteiger charge is -1.90. The molecule has 0 aromatic rings. The van der Waals surface area contributed by atoms with Crippen LogP contribution in [0.3, 0.4) is 0 Å². The van der Waals surface area contributed by atoms with E-state index in [4.69, 9.17) is 0 Å². The van der Waals surface area contributed by atoms with Crippen LogP contribution >= 0.6 is 0 Å². The predicted octanol–water partition coefficient (Wildman–Crippen LogP) is 1.23. The summed E-state index contributed by atoms with van der Waals surface area (Å²) in [5.74, 6) is -0.549. The van der Waals surface area contributed by atoms with Gasteiger partial charge in [0, 0.05) is 12.5 Å². The van der Waals surface area contributed by atoms with E-state index in [1.807, 2.05) is 6.92 Å². The zero-order valence-electron chi connectivity index (χ0n) is 6.20. The van der Waals surface area contributed by atoms with E-state index < -0.39 is 5.91 Å². The van der Waals surface area contributed by atoms with Crippen molar-refractivity contribution in [3.8, 4) is 0 Å². The van der Waals surface area contributed by atoms with Crippen LogP contribution in [0.1, 0.15) is 19.8 Å². The fourth-order valence-electron chi connectivity index (χ4n) is 0.769. The molecule has 1 amide bonds. The van der Waals surface area contributed by atoms with Crippen molar-refractivity contribution in [3.05, 3.63) is 11.8 Å². The maximum atomic E-state index is 11.0. The monoisotopic (exact) mass is 152 g/mol. The number of nitrogens with zero attached hydrogens (tertiary/aromatic N) is 2. The molecule has 0 saturated heterocycles. The Labute approximate surface area is 64.0 Å². The molecule has 4 heteroatoms. The number of ketones is 1. The van der Waals surface area contributed by atoms with Gasteiger partial charge in [-0.1, -0.05) is 6.92 Å². The molecule has 0 spiro atoms. The summed E-state index contributed by atoms with van der Waals surface area (Å²) in [4.78, 5) is 21.5. The van der Waals surface area contributed by atoms with Gasteiger partial charge in [-0.15, -0.1) is 10.2 Å². The SMILES string of the molecule is CCCC(=O)C1=CC(=O)N=N1. The van der Waals surface area contributed by atoms with Gasteiger partial charge in [-0.2, -0.15) is 0 Å². The topological polar surface area (TPSA) is 58.9 Å². The number of hydrogen-bond donors (Lipinski definition) is 0. The highest BCUT2D eigenvalue weighted by atomic mass is 16.2. The minimum absolute atomic E-state index is 0.109. The molecule has 0 saturated carbocycles. The van der Waals surface area contributed by atoms with E-state index in [-0.39, 0.29) is 11.5 Å². The van der Waals surface area contributed by atoms with Crippen molar-refractivity contribution in [2.75, 3.05) is 0 Å². The number of amides is 1. The fourth-order valence-corrected chi connectivity index (χ4v) is 0.769. The Balaban J connectivity index is 2.63. The number of carbonyl (C=O) groups is 2. The standard InChI is InChI=1S/C7H8N2O2/c1-2-3-6(10)5-4-7(11)9-8-5/h4H,2-3H2,1H3. The van der Waals surface area contributed by atoms with Crippen LogP contribution < -0.4 is 0 Å². The molecule has 0 aliphatic carbocycles. The fraction of sp³-hybridized carbons (Fsp3) is 0.429. The van der Waals surface area contributed by atoms with Crippen LogP contribution in [0.25, 0.3) is 0 Å². The van der Waals surface area contributed by atoms with Gasteiger partial charge in [-0.3, -0.25) is 9.59 Å². The molecule has 58 valence electrons. The first-order chi connectivity index (χ1) is 5.24. The first-order valence-corrected chi connectivity index (χ1v) is 3.44. The Hall–Kier alpha value is -1.32. The highest BCUT2D eigenvalue weighted by Crippen LogP contribution is 2.10. The van der Waals surface area contributed by atoms with Crippen molar-refractivity contribution in [2.24, 2.45) is 10.2 Å². The molecular formula is C7H8N2O2. The van der Waals surface area contributed by atoms with Gasteiger partial charge < -0.3 is 0 Å². The van der Waals surface area contributed by atoms with Crippen LogP contribution in [-0.2, 0) is 9.59 Å². The van der Waals surface area contributed by atoms with E-state index in [1.165, 1.54) is 0 Å². The highest BCUT2D eigenvalue weighted by Gasteiger charge is 2.14. The molecule has 0 fully saturated rings. The normalized spacial score (nSPS) is 15.4. The number of carbonyl (C=O) groups excluding carboxylic acids is 2. The molecule has 1 aliphatic rings. The second-order valence-electron chi connectivity index (χ2n) is 2.24. The molecule has 0 aromatic heterocycles. The van der Waals surface area contributed by atoms with Crippen molar-refractivity contribution in [2.45, 2.75) is 19.8 Å². The lowest BCUT2D eigenvalue weighted by Crippen LogP contribution is -1.97. The molecule has 1 heterocycles. The average molecular weight is 152 g/mol. The summed E-state index contributed by atoms with van der Waals surface area (Å²) < 4.78 is 0. The summed E-state index contributed by atoms with van der Waals surface area (Å²) in [6.45, 7) is 1.90. The molecule has 4 nitrogen and oxygen atoms in total. The first kappa shape index (κ1) is 7.78. The number of allylic oxidation sites excluding steroid dienone is 1. The van der Waals surface area contributed by atoms with Crippen LogP contribution in [0.2, 0.25) is 0 Å². The zero-order chi connectivity index (χ0) is 8.27. The van der Waals surface area contributed by atoms with E-state index in [2.05, 4.69) is 10.2 Å². The molecule has 0 atom stereocenters. The van der Waals surface area contributed by atoms with Crippen molar-refractivity contribution >= 4 is 11.7 Å². The van der Waals surface area contributed by atoms with Gasteiger partial charge in [-0.25, -0.2) is 0 Å². The Bertz CT molecular complexity index is 253. The van der Waals surface area contributed by atoms with Crippen molar-refractivity contribution in [3.63, 3.8) is 0 Å². The average Bonchev–Trinajstić information content (AvgIpc) is 2.36. The minimum Gasteiger partial charge on any atom is -0.292 e. The van der Waals surface area contributed by atoms with E-state index in [1.54, 1.807) is 0 Å². The van der Waals surface area contributed by atoms with Gasteiger partial charge >= 0.3 is 0 Å². The van der Waals surface area contributed by atoms with E-state index in [9.17, 15) is 9.59 Å². The van der Waals surface area contributed by atoms with Crippen LogP contribution in [0, 0.1) is 0 Å². The largest absolute Gasteiger partial charge is 0.292 e. The highest BCUT2D eigenvalue weighted by molar-refractivity contribution is 6.03. The molecule has 11 heavy (non-hydrogen) atoms. The summed E-state index contributed by atoms with van der Waals surface area (Å²) in [5, 5.41) is 6.62. The van der Waals surface area contributed by atoms with Gasteiger partial charge in [0.1, 0.15) is 5.70 Å². The van der Waals surface area contributed by atoms with E-state index in [0.717, 1.165) is 12.5 Å².